The van der Waals surface area contributed by atoms with E-state index in [2.05, 4.69) is 6.58 Å². The van der Waals surface area contributed by atoms with E-state index in [1.54, 1.807) is 0 Å². The normalized spacial score (nSPS) is 52.7. The number of carbonyl (C=O) groups is 1. The van der Waals surface area contributed by atoms with E-state index in [4.69, 9.17) is 61.6 Å². The maximum atomic E-state index is 12.6. The Morgan fingerprint density at radius 1 is 0.329 bits per heavy atom. The number of aliphatic hydroxyl groups excluding tert-OH is 17. The molecule has 22 aliphatic rings. The molecular formula is C39H62O31. The Hall–Kier alpha value is -1.95. The second-order valence-corrected chi connectivity index (χ2v) is 17.5. The van der Waals surface area contributed by atoms with E-state index in [0.717, 1.165) is 0 Å². The standard InChI is InChI=1S/C39H62O31/c1-2-15(46)64-33-26(57)39-63-14(8-45)32(33)70-38-25(56)20(51)30(12(6-43)62-38)68-36-23(54)18(49)28(10(4-41)60-36)66-34-21(52)16(47)27(9(3-40)58-34)65-35-22(53)17(48)29(11(5-42)59-35)67-37-24(55)19(50)31(69-39)13(7-44)61-37/h2,9-14,16-45,47-57H,1,3-8H2/t9-,10-,11-,12-,13-,14-,16-,17-,18-,19-,20-,21-,22-,23-,24-,25-,26-,27-,28-,29-,30-,31-,32+,33-,34-,35-,36-,37-,38-,39-/m1/s1. The highest BCUT2D eigenvalue weighted by Crippen LogP contribution is 2.38. The van der Waals surface area contributed by atoms with Crippen molar-refractivity contribution in [2.75, 3.05) is 39.6 Å². The highest BCUT2D eigenvalue weighted by molar-refractivity contribution is 5.81. The molecule has 31 heteroatoms. The van der Waals surface area contributed by atoms with E-state index in [1.807, 2.05) is 0 Å². The second-order valence-electron chi connectivity index (χ2n) is 17.5. The molecule has 0 aliphatic carbocycles. The summed E-state index contributed by atoms with van der Waals surface area (Å²) in [6.45, 7) is -2.86. The fraction of sp³-hybridized carbons (Fsp3) is 0.923. The molecule has 0 aromatic rings. The Kier molecular flexibility index (Phi) is 18.9. The van der Waals surface area contributed by atoms with E-state index in [9.17, 15) is 91.6 Å². The number of ether oxygens (including phenoxy) is 13. The van der Waals surface area contributed by atoms with Gasteiger partial charge in [-0.05, 0) is 0 Å². The molecule has 0 aromatic carbocycles. The van der Waals surface area contributed by atoms with Gasteiger partial charge in [-0.15, -0.1) is 0 Å². The summed E-state index contributed by atoms with van der Waals surface area (Å²) in [4.78, 5) is 12.6. The zero-order valence-corrected chi connectivity index (χ0v) is 36.7. The van der Waals surface area contributed by atoms with Crippen molar-refractivity contribution in [3.05, 3.63) is 12.7 Å². The first-order valence-electron chi connectivity index (χ1n) is 22.2. The Balaban J connectivity index is 1.22. The van der Waals surface area contributed by atoms with Crippen LogP contribution in [0, 0.1) is 0 Å². The smallest absolute Gasteiger partial charge is 0.330 e. The molecular weight excluding hydrogens is 964 g/mol. The average Bonchev–Trinajstić information content (AvgIpc) is 3.35. The number of hydrogen-bond donors (Lipinski definition) is 17. The van der Waals surface area contributed by atoms with Gasteiger partial charge in [0.15, 0.2) is 43.8 Å². The molecule has 31 nitrogen and oxygen atoms in total. The van der Waals surface area contributed by atoms with E-state index in [1.165, 1.54) is 0 Å². The fourth-order valence-corrected chi connectivity index (χ4v) is 9.23. The van der Waals surface area contributed by atoms with Gasteiger partial charge in [0.05, 0.1) is 39.6 Å². The molecule has 0 spiro atoms. The Bertz CT molecular complexity index is 1670. The van der Waals surface area contributed by atoms with Crippen LogP contribution in [-0.2, 0) is 66.4 Å². The molecule has 30 atom stereocenters. The molecule has 0 unspecified atom stereocenters. The Morgan fingerprint density at radius 2 is 0.529 bits per heavy atom. The van der Waals surface area contributed by atoms with Gasteiger partial charge >= 0.3 is 5.97 Å². The molecule has 22 rings (SSSR count). The zero-order chi connectivity index (χ0) is 51.0. The fourth-order valence-electron chi connectivity index (χ4n) is 9.23. The number of rotatable bonds is 8. The lowest BCUT2D eigenvalue weighted by Crippen LogP contribution is -2.69. The molecule has 0 aromatic heterocycles. The van der Waals surface area contributed by atoms with E-state index in [-0.39, 0.29) is 0 Å². The summed E-state index contributed by atoms with van der Waals surface area (Å²) in [6, 6.07) is 0. The summed E-state index contributed by atoms with van der Waals surface area (Å²) in [5.41, 5.74) is 0. The highest BCUT2D eigenvalue weighted by atomic mass is 16.8. The molecule has 22 saturated heterocycles. The first kappa shape index (κ1) is 55.8. The van der Waals surface area contributed by atoms with Crippen LogP contribution in [0.25, 0.3) is 0 Å². The summed E-state index contributed by atoms with van der Waals surface area (Å²) >= 11 is 0. The monoisotopic (exact) mass is 1030 g/mol. The van der Waals surface area contributed by atoms with Gasteiger partial charge in [0.2, 0.25) is 0 Å². The van der Waals surface area contributed by atoms with Crippen LogP contribution < -0.4 is 0 Å². The molecule has 0 radical (unpaired) electrons. The third-order valence-electron chi connectivity index (χ3n) is 13.1. The maximum absolute atomic E-state index is 12.6. The molecule has 22 fully saturated rings. The summed E-state index contributed by atoms with van der Waals surface area (Å²) in [7, 11) is 0. The number of esters is 1. The molecule has 0 amide bonds. The van der Waals surface area contributed by atoms with Crippen molar-refractivity contribution in [2.45, 2.75) is 184 Å². The van der Waals surface area contributed by atoms with Gasteiger partial charge in [-0.1, -0.05) is 6.58 Å². The first-order chi connectivity index (χ1) is 33.4. The van der Waals surface area contributed by atoms with Crippen molar-refractivity contribution in [3.8, 4) is 0 Å². The maximum Gasteiger partial charge on any atom is 0.330 e. The zero-order valence-electron chi connectivity index (χ0n) is 36.7. The minimum absolute atomic E-state index is 0.669. The number of carbonyl (C=O) groups excluding carboxylic acids is 1. The van der Waals surface area contributed by atoms with Gasteiger partial charge in [0, 0.05) is 6.08 Å². The lowest BCUT2D eigenvalue weighted by atomic mass is 9.94. The van der Waals surface area contributed by atoms with Gasteiger partial charge in [0.1, 0.15) is 140 Å². The van der Waals surface area contributed by atoms with Gasteiger partial charge in [-0.25, -0.2) is 4.79 Å². The summed E-state index contributed by atoms with van der Waals surface area (Å²) < 4.78 is 73.9. The first-order valence-corrected chi connectivity index (χ1v) is 22.2. The van der Waals surface area contributed by atoms with Gasteiger partial charge < -0.3 is 148 Å². The van der Waals surface area contributed by atoms with Gasteiger partial charge in [-0.3, -0.25) is 0 Å². The molecule has 22 aliphatic heterocycles. The molecule has 17 N–H and O–H groups in total. The van der Waals surface area contributed by atoms with Crippen LogP contribution in [0.15, 0.2) is 12.7 Å². The van der Waals surface area contributed by atoms with Crippen LogP contribution in [0.3, 0.4) is 0 Å². The van der Waals surface area contributed by atoms with Crippen LogP contribution in [0.2, 0.25) is 0 Å². The van der Waals surface area contributed by atoms with Crippen molar-refractivity contribution in [1.82, 2.24) is 0 Å². The third-order valence-corrected chi connectivity index (χ3v) is 13.1. The minimum Gasteiger partial charge on any atom is -0.453 e. The van der Waals surface area contributed by atoms with Crippen LogP contribution >= 0.6 is 0 Å². The summed E-state index contributed by atoms with van der Waals surface area (Å²) in [6.07, 6.45) is -58.7. The summed E-state index contributed by atoms with van der Waals surface area (Å²) in [5.74, 6) is -1.20. The van der Waals surface area contributed by atoms with Crippen molar-refractivity contribution in [1.29, 1.82) is 0 Å². The predicted molar refractivity (Wildman–Crippen MR) is 210 cm³/mol. The topological polar surface area (TPSA) is 481 Å². The van der Waals surface area contributed by atoms with Crippen molar-refractivity contribution >= 4 is 5.97 Å². The van der Waals surface area contributed by atoms with Gasteiger partial charge in [0.25, 0.3) is 0 Å². The quantitative estimate of drug-likeness (QED) is 0.0793. The molecule has 0 saturated carbocycles. The molecule has 22 heterocycles. The van der Waals surface area contributed by atoms with Crippen LogP contribution in [-0.4, -0.2) is 317 Å². The largest absolute Gasteiger partial charge is 0.453 e. The summed E-state index contributed by atoms with van der Waals surface area (Å²) in [5, 5.41) is 186. The number of hydrogen-bond acceptors (Lipinski definition) is 31. The molecule has 70 heavy (non-hydrogen) atoms. The molecule has 12 bridgehead atoms. The van der Waals surface area contributed by atoms with E-state index >= 15 is 0 Å². The van der Waals surface area contributed by atoms with Crippen LogP contribution in [0.5, 0.6) is 0 Å². The average molecular weight is 1030 g/mol. The predicted octanol–water partition coefficient (Wildman–Crippen LogP) is -12.3. The number of aliphatic hydroxyl groups is 17. The van der Waals surface area contributed by atoms with Gasteiger partial charge in [-0.2, -0.15) is 0 Å². The van der Waals surface area contributed by atoms with Crippen molar-refractivity contribution in [3.63, 3.8) is 0 Å². The molecule has 404 valence electrons. The second kappa shape index (κ2) is 23.7. The van der Waals surface area contributed by atoms with Crippen molar-refractivity contribution in [2.24, 2.45) is 0 Å². The Morgan fingerprint density at radius 3 is 0.743 bits per heavy atom. The lowest BCUT2D eigenvalue weighted by molar-refractivity contribution is -0.404. The lowest BCUT2D eigenvalue weighted by Gasteiger charge is -2.51. The Labute approximate surface area is 395 Å². The van der Waals surface area contributed by atoms with Crippen LogP contribution in [0.1, 0.15) is 0 Å². The SMILES string of the molecule is C=CC(=O)O[C@@H]1[C@@H](O)[C@H]2O[C@H]3[C@H](O)[C@@H](O)[C@@H](O[C@H]4[C@H](O)[C@@H](O)[C@@H](O[C@H]5[C@H](O)[C@@H](O)[C@@H](O[C@H]6[C@H](O)[C@@H](O)[C@@H](O[C@H]7[C@H](O)[C@@H](O)[C@@H](O[C@H]1[C@@H](CO)O2)O[C@@H]7CO)O[C@@H]6CO)O[C@@H]5CO)O[C@@H]4CO)O[C@@H]3CO. The third kappa shape index (κ3) is 10.9. The van der Waals surface area contributed by atoms with Crippen molar-refractivity contribution < 1.29 is 153 Å². The van der Waals surface area contributed by atoms with Crippen LogP contribution in [0.4, 0.5) is 0 Å². The highest BCUT2D eigenvalue weighted by Gasteiger charge is 2.59. The minimum atomic E-state index is -2.20. The van der Waals surface area contributed by atoms with E-state index < -0.39 is 230 Å². The van der Waals surface area contributed by atoms with E-state index in [0.29, 0.717) is 6.08 Å².